The van der Waals surface area contributed by atoms with Crippen molar-refractivity contribution in [2.24, 2.45) is 0 Å². The van der Waals surface area contributed by atoms with Crippen molar-refractivity contribution in [3.63, 3.8) is 0 Å². The highest BCUT2D eigenvalue weighted by atomic mass is 35.5. The summed E-state index contributed by atoms with van der Waals surface area (Å²) in [4.78, 5) is 10.2. The minimum atomic E-state index is -0.577. The van der Waals surface area contributed by atoms with Gasteiger partial charge in [0.2, 0.25) is 0 Å². The highest BCUT2D eigenvalue weighted by molar-refractivity contribution is 6.42. The van der Waals surface area contributed by atoms with Crippen molar-refractivity contribution in [3.8, 4) is 5.75 Å². The van der Waals surface area contributed by atoms with Crippen molar-refractivity contribution in [1.29, 1.82) is 0 Å². The van der Waals surface area contributed by atoms with Gasteiger partial charge in [0, 0.05) is 25.0 Å². The van der Waals surface area contributed by atoms with E-state index in [2.05, 4.69) is 0 Å². The number of benzene rings is 1. The topological polar surface area (TPSA) is 72.6 Å². The van der Waals surface area contributed by atoms with E-state index in [-0.39, 0.29) is 33.7 Å². The first-order valence-electron chi connectivity index (χ1n) is 4.95. The van der Waals surface area contributed by atoms with E-state index in [9.17, 15) is 10.1 Å². The predicted molar refractivity (Wildman–Crippen MR) is 62.8 cm³/mol. The van der Waals surface area contributed by atoms with Gasteiger partial charge >= 0.3 is 5.69 Å². The second kappa shape index (κ2) is 4.68. The summed E-state index contributed by atoms with van der Waals surface area (Å²) in [5, 5.41) is 20.2. The molecule has 0 aromatic heterocycles. The van der Waals surface area contributed by atoms with E-state index in [1.54, 1.807) is 0 Å². The molecule has 2 rings (SSSR count). The summed E-state index contributed by atoms with van der Waals surface area (Å²) >= 11 is 11.5. The summed E-state index contributed by atoms with van der Waals surface area (Å²) in [5.41, 5.74) is -0.221. The van der Waals surface area contributed by atoms with Gasteiger partial charge in [-0.05, 0) is 0 Å². The zero-order valence-electron chi connectivity index (χ0n) is 8.60. The molecule has 0 aliphatic heterocycles. The number of ether oxygens (including phenoxy) is 1. The zero-order chi connectivity index (χ0) is 12.6. The van der Waals surface area contributed by atoms with Crippen LogP contribution in [-0.2, 0) is 0 Å². The summed E-state index contributed by atoms with van der Waals surface area (Å²) in [6.07, 6.45) is 0.345. The van der Waals surface area contributed by atoms with Gasteiger partial charge in [0.05, 0.1) is 21.1 Å². The molecule has 1 saturated carbocycles. The number of hydrogen-bond acceptors (Lipinski definition) is 4. The van der Waals surface area contributed by atoms with E-state index in [0.717, 1.165) is 6.07 Å². The van der Waals surface area contributed by atoms with Gasteiger partial charge in [-0.1, -0.05) is 23.2 Å². The quantitative estimate of drug-likeness (QED) is 0.681. The minimum Gasteiger partial charge on any atom is -0.483 e. The third-order valence-corrected chi connectivity index (χ3v) is 3.28. The Morgan fingerprint density at radius 2 is 1.94 bits per heavy atom. The first-order chi connectivity index (χ1) is 7.97. The minimum absolute atomic E-state index is 0.0845. The maximum absolute atomic E-state index is 10.8. The van der Waals surface area contributed by atoms with Crippen LogP contribution in [0.1, 0.15) is 12.8 Å². The molecule has 7 heteroatoms. The lowest BCUT2D eigenvalue weighted by Crippen LogP contribution is -2.37. The molecule has 0 radical (unpaired) electrons. The van der Waals surface area contributed by atoms with E-state index < -0.39 is 4.92 Å². The molecule has 0 unspecified atom stereocenters. The van der Waals surface area contributed by atoms with Crippen LogP contribution in [-0.4, -0.2) is 22.2 Å². The highest BCUT2D eigenvalue weighted by Gasteiger charge is 2.31. The number of nitro benzene ring substituents is 1. The molecule has 0 amide bonds. The van der Waals surface area contributed by atoms with Crippen molar-refractivity contribution in [1.82, 2.24) is 0 Å². The van der Waals surface area contributed by atoms with Gasteiger partial charge in [-0.3, -0.25) is 10.1 Å². The molecular weight excluding hydrogens is 269 g/mol. The molecule has 1 aliphatic rings. The molecule has 0 atom stereocenters. The maximum atomic E-state index is 10.8. The lowest BCUT2D eigenvalue weighted by atomic mass is 9.92. The van der Waals surface area contributed by atoms with Gasteiger partial charge in [0.1, 0.15) is 6.10 Å². The lowest BCUT2D eigenvalue weighted by Gasteiger charge is -2.31. The SMILES string of the molecule is O=[N+]([O-])c1cc(Cl)c(Cl)cc1OC1CC(O)C1. The molecule has 0 saturated heterocycles. The normalized spacial score (nSPS) is 23.0. The Bertz CT molecular complexity index is 460. The maximum Gasteiger partial charge on any atom is 0.312 e. The van der Waals surface area contributed by atoms with Crippen LogP contribution in [0.3, 0.4) is 0 Å². The standard InChI is InChI=1S/C10H9Cl2NO4/c11-7-3-9(13(15)16)10(4-8(7)12)17-6-1-5(14)2-6/h3-6,14H,1-2H2. The number of aliphatic hydroxyl groups excluding tert-OH is 1. The van der Waals surface area contributed by atoms with Crippen molar-refractivity contribution in [2.75, 3.05) is 0 Å². The number of hydrogen-bond donors (Lipinski definition) is 1. The predicted octanol–water partition coefficient (Wildman–Crippen LogP) is 2.80. The molecule has 17 heavy (non-hydrogen) atoms. The Balaban J connectivity index is 2.25. The monoisotopic (exact) mass is 277 g/mol. The summed E-state index contributed by atoms with van der Waals surface area (Å²) in [5.74, 6) is 0.0845. The average Bonchev–Trinajstić information content (AvgIpc) is 2.20. The second-order valence-corrected chi connectivity index (χ2v) is 4.67. The van der Waals surface area contributed by atoms with Crippen LogP contribution in [0, 0.1) is 10.1 Å². The molecule has 0 bridgehead atoms. The first-order valence-corrected chi connectivity index (χ1v) is 5.71. The number of halogens is 2. The fourth-order valence-electron chi connectivity index (χ4n) is 1.57. The number of rotatable bonds is 3. The van der Waals surface area contributed by atoms with Gasteiger partial charge in [-0.25, -0.2) is 0 Å². The largest absolute Gasteiger partial charge is 0.483 e. The average molecular weight is 278 g/mol. The van der Waals surface area contributed by atoms with Gasteiger partial charge in [-0.15, -0.1) is 0 Å². The lowest BCUT2D eigenvalue weighted by molar-refractivity contribution is -0.386. The van der Waals surface area contributed by atoms with Crippen molar-refractivity contribution >= 4 is 28.9 Å². The fraction of sp³-hybridized carbons (Fsp3) is 0.400. The van der Waals surface area contributed by atoms with Gasteiger partial charge in [0.25, 0.3) is 0 Å². The molecule has 1 aromatic carbocycles. The highest BCUT2D eigenvalue weighted by Crippen LogP contribution is 2.38. The Morgan fingerprint density at radius 3 is 2.47 bits per heavy atom. The van der Waals surface area contributed by atoms with Gasteiger partial charge < -0.3 is 9.84 Å². The molecule has 1 fully saturated rings. The molecule has 1 aromatic rings. The molecule has 1 N–H and O–H groups in total. The summed E-state index contributed by atoms with van der Waals surface area (Å²) < 4.78 is 5.40. The Hall–Kier alpha value is -1.04. The summed E-state index contributed by atoms with van der Waals surface area (Å²) in [6, 6.07) is 2.49. The summed E-state index contributed by atoms with van der Waals surface area (Å²) in [7, 11) is 0. The summed E-state index contributed by atoms with van der Waals surface area (Å²) in [6.45, 7) is 0. The fourth-order valence-corrected chi connectivity index (χ4v) is 1.88. The van der Waals surface area contributed by atoms with E-state index >= 15 is 0 Å². The van der Waals surface area contributed by atoms with Crippen LogP contribution in [0.4, 0.5) is 5.69 Å². The van der Waals surface area contributed by atoms with E-state index in [0.29, 0.717) is 12.8 Å². The van der Waals surface area contributed by atoms with Crippen molar-refractivity contribution in [2.45, 2.75) is 25.0 Å². The van der Waals surface area contributed by atoms with Gasteiger partial charge in [-0.2, -0.15) is 0 Å². The van der Waals surface area contributed by atoms with Crippen LogP contribution in [0.25, 0.3) is 0 Å². The third kappa shape index (κ3) is 2.62. The van der Waals surface area contributed by atoms with Crippen LogP contribution < -0.4 is 4.74 Å². The molecule has 0 heterocycles. The van der Waals surface area contributed by atoms with E-state index in [1.807, 2.05) is 0 Å². The Morgan fingerprint density at radius 1 is 1.35 bits per heavy atom. The van der Waals surface area contributed by atoms with Crippen LogP contribution in [0.5, 0.6) is 5.75 Å². The van der Waals surface area contributed by atoms with Crippen LogP contribution in [0.15, 0.2) is 12.1 Å². The number of nitro groups is 1. The molecule has 92 valence electrons. The zero-order valence-corrected chi connectivity index (χ0v) is 10.1. The smallest absolute Gasteiger partial charge is 0.312 e. The van der Waals surface area contributed by atoms with E-state index in [4.69, 9.17) is 33.0 Å². The molecule has 0 spiro atoms. The molecule has 1 aliphatic carbocycles. The third-order valence-electron chi connectivity index (χ3n) is 2.56. The first kappa shape index (κ1) is 12.4. The Labute approximate surface area is 107 Å². The van der Waals surface area contributed by atoms with Crippen molar-refractivity contribution in [3.05, 3.63) is 32.3 Å². The molecule has 5 nitrogen and oxygen atoms in total. The van der Waals surface area contributed by atoms with Crippen molar-refractivity contribution < 1.29 is 14.8 Å². The van der Waals surface area contributed by atoms with Gasteiger partial charge in [0.15, 0.2) is 5.75 Å². The second-order valence-electron chi connectivity index (χ2n) is 3.86. The number of nitrogens with zero attached hydrogens (tertiary/aromatic N) is 1. The van der Waals surface area contributed by atoms with Crippen LogP contribution >= 0.6 is 23.2 Å². The van der Waals surface area contributed by atoms with Crippen LogP contribution in [0.2, 0.25) is 10.0 Å². The molecular formula is C10H9Cl2NO4. The number of aliphatic hydroxyl groups is 1. The Kier molecular flexibility index (Phi) is 3.42. The van der Waals surface area contributed by atoms with E-state index in [1.165, 1.54) is 6.07 Å².